The number of hydrogen-bond donors (Lipinski definition) is 1. The highest BCUT2D eigenvalue weighted by Gasteiger charge is 2.02. The highest BCUT2D eigenvalue weighted by molar-refractivity contribution is 5.60. The van der Waals surface area contributed by atoms with Gasteiger partial charge in [0.2, 0.25) is 0 Å². The van der Waals surface area contributed by atoms with Crippen LogP contribution in [-0.4, -0.2) is 14.2 Å². The third-order valence-corrected chi connectivity index (χ3v) is 2.55. The summed E-state index contributed by atoms with van der Waals surface area (Å²) in [6.07, 6.45) is 0. The van der Waals surface area contributed by atoms with Crippen molar-refractivity contribution in [2.75, 3.05) is 20.0 Å². The van der Waals surface area contributed by atoms with Crippen LogP contribution in [-0.2, 0) is 0 Å². The lowest BCUT2D eigenvalue weighted by molar-refractivity contribution is 0.414. The summed E-state index contributed by atoms with van der Waals surface area (Å²) in [7, 11) is 3.20. The standard InChI is InChI=1S/C14H15N3O2/c1-18-12-6-4-11(5-7-12)16-17-13-9-10(15)3-8-14(13)19-2/h3-9H,15H2,1-2H3. The van der Waals surface area contributed by atoms with Gasteiger partial charge in [-0.1, -0.05) is 0 Å². The first-order valence-corrected chi connectivity index (χ1v) is 5.72. The lowest BCUT2D eigenvalue weighted by atomic mass is 10.2. The second kappa shape index (κ2) is 5.86. The predicted molar refractivity (Wildman–Crippen MR) is 74.6 cm³/mol. The molecule has 0 aromatic heterocycles. The van der Waals surface area contributed by atoms with Gasteiger partial charge >= 0.3 is 0 Å². The number of azo groups is 1. The minimum atomic E-state index is 0.596. The van der Waals surface area contributed by atoms with Crippen molar-refractivity contribution in [2.45, 2.75) is 0 Å². The summed E-state index contributed by atoms with van der Waals surface area (Å²) in [5, 5.41) is 8.28. The topological polar surface area (TPSA) is 69.2 Å². The average molecular weight is 257 g/mol. The number of nitrogens with two attached hydrogens (primary N) is 1. The molecule has 2 aromatic carbocycles. The summed E-state index contributed by atoms with van der Waals surface area (Å²) in [4.78, 5) is 0. The van der Waals surface area contributed by atoms with Gasteiger partial charge in [0.15, 0.2) is 0 Å². The number of methoxy groups -OCH3 is 2. The number of nitrogen functional groups attached to an aromatic ring is 1. The first-order chi connectivity index (χ1) is 9.22. The van der Waals surface area contributed by atoms with Crippen molar-refractivity contribution in [3.63, 3.8) is 0 Å². The van der Waals surface area contributed by atoms with E-state index < -0.39 is 0 Å². The van der Waals surface area contributed by atoms with Crippen LogP contribution in [0.15, 0.2) is 52.7 Å². The Morgan fingerprint density at radius 3 is 2.26 bits per heavy atom. The maximum absolute atomic E-state index is 5.72. The normalized spacial score (nSPS) is 10.6. The fourth-order valence-electron chi connectivity index (χ4n) is 1.55. The van der Waals surface area contributed by atoms with Gasteiger partial charge in [0.1, 0.15) is 17.2 Å². The molecule has 0 bridgehead atoms. The first kappa shape index (κ1) is 12.9. The Morgan fingerprint density at radius 1 is 0.895 bits per heavy atom. The molecule has 0 aliphatic heterocycles. The Kier molecular flexibility index (Phi) is 3.97. The molecule has 0 saturated heterocycles. The van der Waals surface area contributed by atoms with Crippen LogP contribution in [0, 0.1) is 0 Å². The van der Waals surface area contributed by atoms with Crippen LogP contribution >= 0.6 is 0 Å². The monoisotopic (exact) mass is 257 g/mol. The number of benzene rings is 2. The Morgan fingerprint density at radius 2 is 1.63 bits per heavy atom. The van der Waals surface area contributed by atoms with Crippen LogP contribution in [0.2, 0.25) is 0 Å². The molecule has 2 N–H and O–H groups in total. The third kappa shape index (κ3) is 3.22. The quantitative estimate of drug-likeness (QED) is 0.670. The van der Waals surface area contributed by atoms with Gasteiger partial charge in [-0.05, 0) is 42.5 Å². The molecule has 98 valence electrons. The van der Waals surface area contributed by atoms with Crippen LogP contribution in [0.1, 0.15) is 0 Å². The molecule has 0 atom stereocenters. The van der Waals surface area contributed by atoms with Gasteiger partial charge in [-0.25, -0.2) is 0 Å². The summed E-state index contributed by atoms with van der Waals surface area (Å²) in [5.74, 6) is 1.41. The van der Waals surface area contributed by atoms with Gasteiger partial charge in [0.05, 0.1) is 19.9 Å². The smallest absolute Gasteiger partial charge is 0.146 e. The maximum Gasteiger partial charge on any atom is 0.146 e. The lowest BCUT2D eigenvalue weighted by Gasteiger charge is -2.04. The molecule has 0 unspecified atom stereocenters. The van der Waals surface area contributed by atoms with E-state index >= 15 is 0 Å². The minimum Gasteiger partial charge on any atom is -0.497 e. The molecular formula is C14H15N3O2. The van der Waals surface area contributed by atoms with E-state index in [1.54, 1.807) is 32.4 Å². The van der Waals surface area contributed by atoms with Crippen molar-refractivity contribution in [2.24, 2.45) is 10.2 Å². The van der Waals surface area contributed by atoms with Crippen molar-refractivity contribution in [3.05, 3.63) is 42.5 Å². The summed E-state index contributed by atoms with van der Waals surface area (Å²) in [6, 6.07) is 12.5. The molecule has 0 spiro atoms. The van der Waals surface area contributed by atoms with E-state index in [1.165, 1.54) is 0 Å². The van der Waals surface area contributed by atoms with Crippen molar-refractivity contribution >= 4 is 17.1 Å². The van der Waals surface area contributed by atoms with Crippen LogP contribution in [0.5, 0.6) is 11.5 Å². The molecule has 0 fully saturated rings. The number of rotatable bonds is 4. The molecule has 2 aromatic rings. The summed E-state index contributed by atoms with van der Waals surface area (Å²) in [5.41, 5.74) is 7.65. The van der Waals surface area contributed by atoms with Crippen molar-refractivity contribution < 1.29 is 9.47 Å². The zero-order valence-electron chi connectivity index (χ0n) is 10.8. The number of nitrogens with zero attached hydrogens (tertiary/aromatic N) is 2. The van der Waals surface area contributed by atoms with E-state index in [4.69, 9.17) is 15.2 Å². The van der Waals surface area contributed by atoms with E-state index in [1.807, 2.05) is 24.3 Å². The fourth-order valence-corrected chi connectivity index (χ4v) is 1.55. The van der Waals surface area contributed by atoms with Crippen LogP contribution in [0.3, 0.4) is 0 Å². The predicted octanol–water partition coefficient (Wildman–Crippen LogP) is 3.70. The van der Waals surface area contributed by atoms with E-state index in [-0.39, 0.29) is 0 Å². The van der Waals surface area contributed by atoms with Crippen molar-refractivity contribution in [3.8, 4) is 11.5 Å². The zero-order chi connectivity index (χ0) is 13.7. The summed E-state index contributed by atoms with van der Waals surface area (Å²) < 4.78 is 10.3. The highest BCUT2D eigenvalue weighted by atomic mass is 16.5. The molecule has 0 heterocycles. The lowest BCUT2D eigenvalue weighted by Crippen LogP contribution is -1.87. The van der Waals surface area contributed by atoms with Gasteiger partial charge in [-0.3, -0.25) is 0 Å². The largest absolute Gasteiger partial charge is 0.497 e. The molecule has 0 saturated carbocycles. The van der Waals surface area contributed by atoms with Crippen molar-refractivity contribution in [1.82, 2.24) is 0 Å². The van der Waals surface area contributed by atoms with Crippen LogP contribution in [0.4, 0.5) is 17.1 Å². The number of hydrogen-bond acceptors (Lipinski definition) is 5. The third-order valence-electron chi connectivity index (χ3n) is 2.55. The second-order valence-electron chi connectivity index (χ2n) is 3.83. The van der Waals surface area contributed by atoms with E-state index in [9.17, 15) is 0 Å². The van der Waals surface area contributed by atoms with E-state index in [0.717, 1.165) is 11.4 Å². The maximum atomic E-state index is 5.72. The molecule has 0 radical (unpaired) electrons. The number of ether oxygens (including phenoxy) is 2. The molecule has 2 rings (SSSR count). The molecule has 0 aliphatic carbocycles. The van der Waals surface area contributed by atoms with Crippen LogP contribution < -0.4 is 15.2 Å². The van der Waals surface area contributed by atoms with Gasteiger partial charge in [-0.2, -0.15) is 5.11 Å². The highest BCUT2D eigenvalue weighted by Crippen LogP contribution is 2.31. The van der Waals surface area contributed by atoms with E-state index in [0.29, 0.717) is 17.1 Å². The van der Waals surface area contributed by atoms with Gasteiger partial charge < -0.3 is 15.2 Å². The molecule has 0 aliphatic rings. The SMILES string of the molecule is COc1ccc(N=Nc2cc(N)ccc2OC)cc1. The molecule has 5 nitrogen and oxygen atoms in total. The average Bonchev–Trinajstić information content (AvgIpc) is 2.46. The molecule has 19 heavy (non-hydrogen) atoms. The number of anilines is 1. The Hall–Kier alpha value is -2.56. The zero-order valence-corrected chi connectivity index (χ0v) is 10.8. The Balaban J connectivity index is 2.23. The Bertz CT molecular complexity index is 580. The summed E-state index contributed by atoms with van der Waals surface area (Å²) in [6.45, 7) is 0. The van der Waals surface area contributed by atoms with Crippen molar-refractivity contribution in [1.29, 1.82) is 0 Å². The Labute approximate surface area is 111 Å². The van der Waals surface area contributed by atoms with E-state index in [2.05, 4.69) is 10.2 Å². The molecule has 5 heteroatoms. The second-order valence-corrected chi connectivity index (χ2v) is 3.83. The van der Waals surface area contributed by atoms with Gasteiger partial charge in [0, 0.05) is 5.69 Å². The molecule has 0 amide bonds. The minimum absolute atomic E-state index is 0.596. The van der Waals surface area contributed by atoms with Gasteiger partial charge in [-0.15, -0.1) is 5.11 Å². The summed E-state index contributed by atoms with van der Waals surface area (Å²) >= 11 is 0. The van der Waals surface area contributed by atoms with Crippen LogP contribution in [0.25, 0.3) is 0 Å². The molecular weight excluding hydrogens is 242 g/mol. The van der Waals surface area contributed by atoms with Gasteiger partial charge in [0.25, 0.3) is 0 Å². The first-order valence-electron chi connectivity index (χ1n) is 5.72. The fraction of sp³-hybridized carbons (Fsp3) is 0.143.